The van der Waals surface area contributed by atoms with Crippen LogP contribution in [-0.4, -0.2) is 9.61 Å². The summed E-state index contributed by atoms with van der Waals surface area (Å²) in [6.45, 7) is 0. The SMILES string of the molecule is O=c1c(Cc2ccccc2)c([O-])[n+](-c2ccc(Cl)cc2)c2ccc(Cl)nn12. The Labute approximate surface area is 164 Å². The second-order valence-electron chi connectivity index (χ2n) is 5.99. The van der Waals surface area contributed by atoms with Crippen molar-refractivity contribution in [2.75, 3.05) is 0 Å². The zero-order valence-corrected chi connectivity index (χ0v) is 15.5. The first-order valence-electron chi connectivity index (χ1n) is 8.18. The first kappa shape index (κ1) is 17.5. The topological polar surface area (TPSA) is 61.3 Å². The molecule has 0 aliphatic rings. The molecule has 0 saturated heterocycles. The van der Waals surface area contributed by atoms with Crippen molar-refractivity contribution < 1.29 is 9.67 Å². The molecule has 0 fully saturated rings. The third-order valence-corrected chi connectivity index (χ3v) is 4.69. The van der Waals surface area contributed by atoms with Gasteiger partial charge in [-0.05, 0) is 35.9 Å². The third-order valence-electron chi connectivity index (χ3n) is 4.23. The van der Waals surface area contributed by atoms with Crippen molar-refractivity contribution >= 4 is 28.8 Å². The highest BCUT2D eigenvalue weighted by molar-refractivity contribution is 6.30. The normalized spacial score (nSPS) is 11.0. The van der Waals surface area contributed by atoms with Gasteiger partial charge in [0, 0.05) is 17.5 Å². The Morgan fingerprint density at radius 3 is 2.37 bits per heavy atom. The maximum Gasteiger partial charge on any atom is 0.366 e. The Bertz CT molecular complexity index is 1190. The van der Waals surface area contributed by atoms with E-state index in [0.717, 1.165) is 10.1 Å². The van der Waals surface area contributed by atoms with E-state index in [1.165, 1.54) is 4.57 Å². The van der Waals surface area contributed by atoms with Crippen LogP contribution in [0.1, 0.15) is 11.1 Å². The minimum absolute atomic E-state index is 0.114. The van der Waals surface area contributed by atoms with Crippen molar-refractivity contribution in [3.63, 3.8) is 0 Å². The number of nitrogens with zero attached hydrogens (tertiary/aromatic N) is 3. The molecule has 2 aromatic carbocycles. The van der Waals surface area contributed by atoms with Crippen molar-refractivity contribution in [3.8, 4) is 11.6 Å². The van der Waals surface area contributed by atoms with Gasteiger partial charge in [-0.15, -0.1) is 0 Å². The number of rotatable bonds is 3. The predicted octanol–water partition coefficient (Wildman–Crippen LogP) is 2.94. The summed E-state index contributed by atoms with van der Waals surface area (Å²) in [7, 11) is 0. The van der Waals surface area contributed by atoms with E-state index in [2.05, 4.69) is 5.10 Å². The van der Waals surface area contributed by atoms with Gasteiger partial charge in [-0.1, -0.05) is 63.1 Å². The summed E-state index contributed by atoms with van der Waals surface area (Å²) < 4.78 is 2.61. The molecule has 0 N–H and O–H groups in total. The average Bonchev–Trinajstić information content (AvgIpc) is 2.68. The lowest BCUT2D eigenvalue weighted by molar-refractivity contribution is -0.632. The van der Waals surface area contributed by atoms with Crippen LogP contribution in [0.2, 0.25) is 10.2 Å². The standard InChI is InChI=1S/C20H13Cl2N3O2/c21-14-6-8-15(9-7-14)24-18-11-10-17(22)23-25(18)20(27)16(19(24)26)12-13-4-2-1-3-5-13/h1-11H,12H2. The summed E-state index contributed by atoms with van der Waals surface area (Å²) in [5, 5.41) is 18.1. The maximum atomic E-state index is 13.2. The number of hydrogen-bond acceptors (Lipinski definition) is 3. The van der Waals surface area contributed by atoms with Crippen LogP contribution in [0, 0.1) is 0 Å². The fourth-order valence-corrected chi connectivity index (χ4v) is 3.23. The van der Waals surface area contributed by atoms with Crippen LogP contribution in [-0.2, 0) is 6.42 Å². The fourth-order valence-electron chi connectivity index (χ4n) is 2.96. The van der Waals surface area contributed by atoms with Gasteiger partial charge in [0.2, 0.25) is 0 Å². The van der Waals surface area contributed by atoms with E-state index >= 15 is 0 Å². The molecule has 0 bridgehead atoms. The lowest BCUT2D eigenvalue weighted by Gasteiger charge is -2.16. The number of hydrogen-bond donors (Lipinski definition) is 0. The summed E-state index contributed by atoms with van der Waals surface area (Å²) in [5.74, 6) is -0.393. The van der Waals surface area contributed by atoms with Crippen LogP contribution in [0.4, 0.5) is 0 Å². The van der Waals surface area contributed by atoms with Gasteiger partial charge in [-0.3, -0.25) is 0 Å². The third kappa shape index (κ3) is 3.27. The molecule has 27 heavy (non-hydrogen) atoms. The maximum absolute atomic E-state index is 13.2. The van der Waals surface area contributed by atoms with E-state index in [0.29, 0.717) is 16.4 Å². The smallest absolute Gasteiger partial charge is 0.366 e. The lowest BCUT2D eigenvalue weighted by Crippen LogP contribution is -2.43. The van der Waals surface area contributed by atoms with Gasteiger partial charge in [0.25, 0.3) is 0 Å². The quantitative estimate of drug-likeness (QED) is 0.499. The van der Waals surface area contributed by atoms with E-state index < -0.39 is 11.4 Å². The molecule has 4 aromatic rings. The fraction of sp³-hybridized carbons (Fsp3) is 0.0500. The van der Waals surface area contributed by atoms with Gasteiger partial charge in [-0.25, -0.2) is 9.36 Å². The molecule has 134 valence electrons. The number of aromatic nitrogens is 3. The molecule has 0 radical (unpaired) electrons. The molecule has 0 aliphatic heterocycles. The van der Waals surface area contributed by atoms with Crippen LogP contribution in [0.25, 0.3) is 11.3 Å². The van der Waals surface area contributed by atoms with Crippen molar-refractivity contribution in [1.29, 1.82) is 0 Å². The molecule has 0 amide bonds. The molecule has 0 saturated carbocycles. The summed E-state index contributed by atoms with van der Waals surface area (Å²) in [6, 6.07) is 19.3. The van der Waals surface area contributed by atoms with E-state index in [-0.39, 0.29) is 17.1 Å². The van der Waals surface area contributed by atoms with Crippen molar-refractivity contribution in [3.05, 3.63) is 98.4 Å². The Hall–Kier alpha value is -2.89. The second kappa shape index (κ2) is 7.02. The highest BCUT2D eigenvalue weighted by atomic mass is 35.5. The summed E-state index contributed by atoms with van der Waals surface area (Å²) in [4.78, 5) is 13.0. The zero-order chi connectivity index (χ0) is 19.0. The van der Waals surface area contributed by atoms with Crippen LogP contribution in [0.15, 0.2) is 71.5 Å². The summed E-state index contributed by atoms with van der Waals surface area (Å²) in [6.07, 6.45) is 0.198. The van der Waals surface area contributed by atoms with Gasteiger partial charge >= 0.3 is 11.2 Å². The van der Waals surface area contributed by atoms with Gasteiger partial charge in [0.1, 0.15) is 5.69 Å². The molecule has 0 aliphatic carbocycles. The molecular formula is C20H13Cl2N3O2. The lowest BCUT2D eigenvalue weighted by atomic mass is 10.1. The monoisotopic (exact) mass is 397 g/mol. The van der Waals surface area contributed by atoms with Crippen molar-refractivity contribution in [2.24, 2.45) is 0 Å². The van der Waals surface area contributed by atoms with Crippen molar-refractivity contribution in [2.45, 2.75) is 6.42 Å². The van der Waals surface area contributed by atoms with Crippen molar-refractivity contribution in [1.82, 2.24) is 9.61 Å². The molecule has 7 heteroatoms. The summed E-state index contributed by atoms with van der Waals surface area (Å²) in [5.41, 5.74) is 1.40. The Morgan fingerprint density at radius 2 is 1.67 bits per heavy atom. The average molecular weight is 398 g/mol. The Balaban J connectivity index is 2.03. The van der Waals surface area contributed by atoms with Crippen LogP contribution < -0.4 is 15.2 Å². The minimum atomic E-state index is -0.480. The summed E-state index contributed by atoms with van der Waals surface area (Å²) >= 11 is 12.0. The molecule has 0 spiro atoms. The molecule has 2 aromatic heterocycles. The number of halogens is 2. The molecular weight excluding hydrogens is 385 g/mol. The van der Waals surface area contributed by atoms with Gasteiger partial charge in [0.05, 0.1) is 11.4 Å². The zero-order valence-electron chi connectivity index (χ0n) is 14.0. The molecule has 5 nitrogen and oxygen atoms in total. The highest BCUT2D eigenvalue weighted by Crippen LogP contribution is 2.17. The minimum Gasteiger partial charge on any atom is -0.842 e. The predicted molar refractivity (Wildman–Crippen MR) is 102 cm³/mol. The first-order valence-corrected chi connectivity index (χ1v) is 8.93. The van der Waals surface area contributed by atoms with E-state index in [4.69, 9.17) is 23.2 Å². The Kier molecular flexibility index (Phi) is 4.56. The van der Waals surface area contributed by atoms with Gasteiger partial charge in [-0.2, -0.15) is 0 Å². The highest BCUT2D eigenvalue weighted by Gasteiger charge is 2.22. The Morgan fingerprint density at radius 1 is 0.963 bits per heavy atom. The molecule has 0 unspecified atom stereocenters. The number of benzene rings is 2. The molecule has 2 heterocycles. The van der Waals surface area contributed by atoms with E-state index in [1.807, 2.05) is 30.3 Å². The van der Waals surface area contributed by atoms with E-state index in [9.17, 15) is 9.90 Å². The van der Waals surface area contributed by atoms with Gasteiger partial charge < -0.3 is 5.11 Å². The number of fused-ring (bicyclic) bond motifs is 1. The largest absolute Gasteiger partial charge is 0.842 e. The van der Waals surface area contributed by atoms with Crippen LogP contribution in [0.3, 0.4) is 0 Å². The van der Waals surface area contributed by atoms with Gasteiger partial charge in [0.15, 0.2) is 5.15 Å². The first-order chi connectivity index (χ1) is 13.0. The molecule has 4 rings (SSSR count). The second-order valence-corrected chi connectivity index (χ2v) is 6.81. The van der Waals surface area contributed by atoms with E-state index in [1.54, 1.807) is 36.4 Å². The van der Waals surface area contributed by atoms with Crippen LogP contribution >= 0.6 is 23.2 Å². The molecule has 0 atom stereocenters. The van der Waals surface area contributed by atoms with Crippen LogP contribution in [0.5, 0.6) is 5.88 Å².